The van der Waals surface area contributed by atoms with Gasteiger partial charge in [0.05, 0.1) is 17.7 Å². The fourth-order valence-corrected chi connectivity index (χ4v) is 4.47. The molecule has 0 unspecified atom stereocenters. The van der Waals surface area contributed by atoms with Crippen LogP contribution in [0.1, 0.15) is 38.5 Å². The van der Waals surface area contributed by atoms with Crippen molar-refractivity contribution < 1.29 is 0 Å². The van der Waals surface area contributed by atoms with Crippen molar-refractivity contribution in [2.45, 2.75) is 57.3 Å². The summed E-state index contributed by atoms with van der Waals surface area (Å²) in [4.78, 5) is 15.7. The Hall–Kier alpha value is -2.46. The molecule has 5 rings (SSSR count). The number of rotatable bonds is 5. The quantitative estimate of drug-likeness (QED) is 0.676. The molecule has 0 atom stereocenters. The zero-order chi connectivity index (χ0) is 18.2. The minimum absolute atomic E-state index is 0.0222. The van der Waals surface area contributed by atoms with Crippen LogP contribution in [0, 0.1) is 0 Å². The van der Waals surface area contributed by atoms with E-state index in [2.05, 4.69) is 17.0 Å². The molecule has 1 aromatic heterocycles. The number of hydrogen-bond donors (Lipinski definition) is 0. The van der Waals surface area contributed by atoms with Gasteiger partial charge < -0.3 is 0 Å². The van der Waals surface area contributed by atoms with Gasteiger partial charge >= 0.3 is 0 Å². The summed E-state index contributed by atoms with van der Waals surface area (Å²) in [5, 5.41) is 6.55. The third-order valence-corrected chi connectivity index (χ3v) is 6.02. The van der Waals surface area contributed by atoms with Gasteiger partial charge in [0.2, 0.25) is 0 Å². The number of nitrogens with zero attached hydrogens (tertiary/aromatic N) is 3. The second-order valence-corrected chi connectivity index (χ2v) is 7.89. The van der Waals surface area contributed by atoms with Crippen molar-refractivity contribution in [3.8, 4) is 11.3 Å². The zero-order valence-corrected chi connectivity index (χ0v) is 15.6. The maximum absolute atomic E-state index is 13.2. The van der Waals surface area contributed by atoms with Crippen molar-refractivity contribution >= 4 is 10.8 Å². The van der Waals surface area contributed by atoms with Crippen LogP contribution in [0.4, 0.5) is 0 Å². The Labute approximate surface area is 159 Å². The third kappa shape index (κ3) is 3.19. The fourth-order valence-electron chi connectivity index (χ4n) is 4.47. The molecule has 2 fully saturated rings. The molecule has 2 aliphatic carbocycles. The standard InChI is InChI=1S/C23H25N3O/c27-23-21-13-7-6-12-20(21)22(17-8-2-1-3-9-17)24-26(23)16-25(19-14-15-19)18-10-4-5-11-18/h1-3,6-9,12-13,18-19H,4-5,10-11,14-16H2. The van der Waals surface area contributed by atoms with Gasteiger partial charge in [-0.2, -0.15) is 5.10 Å². The highest BCUT2D eigenvalue weighted by molar-refractivity contribution is 5.93. The van der Waals surface area contributed by atoms with Crippen molar-refractivity contribution in [1.29, 1.82) is 0 Å². The lowest BCUT2D eigenvalue weighted by Gasteiger charge is -2.29. The van der Waals surface area contributed by atoms with E-state index in [1.807, 2.05) is 42.5 Å². The summed E-state index contributed by atoms with van der Waals surface area (Å²) in [5.41, 5.74) is 1.98. The van der Waals surface area contributed by atoms with E-state index in [9.17, 15) is 4.79 Å². The highest BCUT2D eigenvalue weighted by Crippen LogP contribution is 2.34. The first-order valence-corrected chi connectivity index (χ1v) is 10.1. The molecule has 0 saturated heterocycles. The molecule has 0 spiro atoms. The summed E-state index contributed by atoms with van der Waals surface area (Å²) in [7, 11) is 0. The molecule has 4 heteroatoms. The Balaban J connectivity index is 1.61. The van der Waals surface area contributed by atoms with Gasteiger partial charge in [0, 0.05) is 23.0 Å². The van der Waals surface area contributed by atoms with Crippen LogP contribution in [0.25, 0.3) is 22.0 Å². The predicted octanol–water partition coefficient (Wildman–Crippen LogP) is 4.43. The Bertz CT molecular complexity index is 1000. The lowest BCUT2D eigenvalue weighted by Crippen LogP contribution is -2.40. The van der Waals surface area contributed by atoms with Crippen molar-refractivity contribution in [2.75, 3.05) is 0 Å². The highest BCUT2D eigenvalue weighted by Gasteiger charge is 2.35. The minimum Gasteiger partial charge on any atom is -0.278 e. The van der Waals surface area contributed by atoms with E-state index in [-0.39, 0.29) is 5.56 Å². The molecule has 2 saturated carbocycles. The maximum atomic E-state index is 13.2. The van der Waals surface area contributed by atoms with Gasteiger partial charge in [0.1, 0.15) is 0 Å². The van der Waals surface area contributed by atoms with E-state index in [1.54, 1.807) is 4.68 Å². The first-order chi connectivity index (χ1) is 13.3. The maximum Gasteiger partial charge on any atom is 0.275 e. The van der Waals surface area contributed by atoms with Crippen LogP contribution >= 0.6 is 0 Å². The monoisotopic (exact) mass is 359 g/mol. The molecular weight excluding hydrogens is 334 g/mol. The zero-order valence-electron chi connectivity index (χ0n) is 15.6. The van der Waals surface area contributed by atoms with Crippen LogP contribution < -0.4 is 5.56 Å². The topological polar surface area (TPSA) is 38.1 Å². The van der Waals surface area contributed by atoms with Crippen LogP contribution in [0.5, 0.6) is 0 Å². The molecule has 2 aromatic carbocycles. The molecule has 138 valence electrons. The van der Waals surface area contributed by atoms with Gasteiger partial charge in [0.15, 0.2) is 0 Å². The molecule has 1 heterocycles. The van der Waals surface area contributed by atoms with Crippen LogP contribution in [0.15, 0.2) is 59.4 Å². The summed E-state index contributed by atoms with van der Waals surface area (Å²) in [6.07, 6.45) is 7.63. The molecule has 2 aliphatic rings. The number of fused-ring (bicyclic) bond motifs is 1. The largest absolute Gasteiger partial charge is 0.278 e. The van der Waals surface area contributed by atoms with Crippen LogP contribution in [0.3, 0.4) is 0 Å². The van der Waals surface area contributed by atoms with E-state index in [1.165, 1.54) is 38.5 Å². The highest BCUT2D eigenvalue weighted by atomic mass is 16.1. The number of aromatic nitrogens is 2. The smallest absolute Gasteiger partial charge is 0.275 e. The molecule has 0 amide bonds. The van der Waals surface area contributed by atoms with Crippen molar-refractivity contribution in [3.05, 3.63) is 65.0 Å². The van der Waals surface area contributed by atoms with E-state index in [4.69, 9.17) is 5.10 Å². The SMILES string of the molecule is O=c1c2ccccc2c(-c2ccccc2)nn1CN(C1CCCC1)C1CC1. The lowest BCUT2D eigenvalue weighted by atomic mass is 10.1. The first kappa shape index (κ1) is 16.7. The van der Waals surface area contributed by atoms with Crippen molar-refractivity contribution in [2.24, 2.45) is 0 Å². The van der Waals surface area contributed by atoms with Gasteiger partial charge in [-0.05, 0) is 31.7 Å². The molecule has 0 bridgehead atoms. The van der Waals surface area contributed by atoms with Gasteiger partial charge in [0.25, 0.3) is 5.56 Å². The van der Waals surface area contributed by atoms with Crippen LogP contribution in [0.2, 0.25) is 0 Å². The molecule has 4 nitrogen and oxygen atoms in total. The minimum atomic E-state index is 0.0222. The molecular formula is C23H25N3O. The first-order valence-electron chi connectivity index (χ1n) is 10.1. The fraction of sp³-hybridized carbons (Fsp3) is 0.391. The third-order valence-electron chi connectivity index (χ3n) is 6.02. The summed E-state index contributed by atoms with van der Waals surface area (Å²) in [5.74, 6) is 0. The van der Waals surface area contributed by atoms with Crippen LogP contribution in [-0.4, -0.2) is 26.8 Å². The second-order valence-electron chi connectivity index (χ2n) is 7.89. The molecule has 3 aromatic rings. The normalized spacial score (nSPS) is 17.8. The van der Waals surface area contributed by atoms with Gasteiger partial charge in [-0.25, -0.2) is 4.68 Å². The summed E-state index contributed by atoms with van der Waals surface area (Å²) < 4.78 is 1.71. The van der Waals surface area contributed by atoms with Gasteiger partial charge in [-0.1, -0.05) is 61.4 Å². The molecule has 0 N–H and O–H groups in total. The Morgan fingerprint density at radius 1 is 0.852 bits per heavy atom. The molecule has 0 aliphatic heterocycles. The summed E-state index contributed by atoms with van der Waals surface area (Å²) in [6, 6.07) is 19.3. The second kappa shape index (κ2) is 6.93. The number of hydrogen-bond acceptors (Lipinski definition) is 3. The van der Waals surface area contributed by atoms with Crippen molar-refractivity contribution in [3.63, 3.8) is 0 Å². The summed E-state index contributed by atoms with van der Waals surface area (Å²) >= 11 is 0. The van der Waals surface area contributed by atoms with E-state index in [0.717, 1.165) is 22.0 Å². The van der Waals surface area contributed by atoms with Crippen LogP contribution in [-0.2, 0) is 6.67 Å². The van der Waals surface area contributed by atoms with Crippen molar-refractivity contribution in [1.82, 2.24) is 14.7 Å². The average Bonchev–Trinajstić information content (AvgIpc) is 3.42. The molecule has 0 radical (unpaired) electrons. The lowest BCUT2D eigenvalue weighted by molar-refractivity contribution is 0.132. The van der Waals surface area contributed by atoms with Gasteiger partial charge in [-0.3, -0.25) is 9.69 Å². The summed E-state index contributed by atoms with van der Waals surface area (Å²) in [6.45, 7) is 0.610. The Morgan fingerprint density at radius 2 is 1.48 bits per heavy atom. The molecule has 27 heavy (non-hydrogen) atoms. The van der Waals surface area contributed by atoms with Gasteiger partial charge in [-0.15, -0.1) is 0 Å². The Kier molecular flexibility index (Phi) is 4.29. The number of benzene rings is 2. The predicted molar refractivity (Wildman–Crippen MR) is 109 cm³/mol. The average molecular weight is 359 g/mol. The van der Waals surface area contributed by atoms with E-state index in [0.29, 0.717) is 18.8 Å². The Morgan fingerprint density at radius 3 is 2.19 bits per heavy atom. The van der Waals surface area contributed by atoms with E-state index < -0.39 is 0 Å². The van der Waals surface area contributed by atoms with E-state index >= 15 is 0 Å².